The van der Waals surface area contributed by atoms with E-state index in [0.717, 1.165) is 38.5 Å². The van der Waals surface area contributed by atoms with Gasteiger partial charge >= 0.3 is 11.9 Å². The SMILES string of the molecule is CC(C)C1(C)CCCC(OC(=O)/C=C/C(=O)OC2CCCC(C)(C(C)C)C2)C1. The molecule has 0 aromatic heterocycles. The van der Waals surface area contributed by atoms with Crippen LogP contribution >= 0.6 is 0 Å². The molecule has 0 radical (unpaired) electrons. The standard InChI is InChI=1S/C24H40O4/c1-17(2)23(5)13-7-9-19(15-23)27-21(25)11-12-22(26)28-20-10-8-14-24(6,16-20)18(3)4/h11-12,17-20H,7-10,13-16H2,1-6H3/b12-11+. The van der Waals surface area contributed by atoms with Crippen LogP contribution in [0.3, 0.4) is 0 Å². The van der Waals surface area contributed by atoms with Crippen molar-refractivity contribution in [1.29, 1.82) is 0 Å². The van der Waals surface area contributed by atoms with Crippen LogP contribution in [0.15, 0.2) is 12.2 Å². The topological polar surface area (TPSA) is 52.6 Å². The molecule has 0 heterocycles. The molecule has 0 saturated heterocycles. The first-order valence-corrected chi connectivity index (χ1v) is 11.1. The van der Waals surface area contributed by atoms with Gasteiger partial charge in [0.05, 0.1) is 0 Å². The zero-order valence-corrected chi connectivity index (χ0v) is 18.8. The van der Waals surface area contributed by atoms with E-state index in [0.29, 0.717) is 11.8 Å². The van der Waals surface area contributed by atoms with Crippen molar-refractivity contribution in [2.75, 3.05) is 0 Å². The fourth-order valence-electron chi connectivity index (χ4n) is 4.71. The molecule has 2 aliphatic rings. The van der Waals surface area contributed by atoms with Crippen molar-refractivity contribution in [3.8, 4) is 0 Å². The molecule has 0 aromatic rings. The Morgan fingerprint density at radius 2 is 1.14 bits per heavy atom. The van der Waals surface area contributed by atoms with E-state index in [1.165, 1.54) is 25.0 Å². The molecular weight excluding hydrogens is 352 g/mol. The Morgan fingerprint density at radius 3 is 1.46 bits per heavy atom. The second-order valence-corrected chi connectivity index (χ2v) is 10.3. The molecule has 2 fully saturated rings. The minimum atomic E-state index is -0.439. The smallest absolute Gasteiger partial charge is 0.331 e. The summed E-state index contributed by atoms with van der Waals surface area (Å²) in [4.78, 5) is 24.3. The molecule has 2 saturated carbocycles. The maximum atomic E-state index is 12.2. The summed E-state index contributed by atoms with van der Waals surface area (Å²) in [5.41, 5.74) is 0.436. The molecule has 4 atom stereocenters. The van der Waals surface area contributed by atoms with Crippen LogP contribution in [0, 0.1) is 22.7 Å². The lowest BCUT2D eigenvalue weighted by Gasteiger charge is -2.41. The van der Waals surface area contributed by atoms with Crippen LogP contribution in [0.25, 0.3) is 0 Å². The lowest BCUT2D eigenvalue weighted by Crippen LogP contribution is -2.35. The number of ether oxygens (including phenoxy) is 2. The average Bonchev–Trinajstić information content (AvgIpc) is 2.60. The van der Waals surface area contributed by atoms with Crippen molar-refractivity contribution in [1.82, 2.24) is 0 Å². The van der Waals surface area contributed by atoms with E-state index in [-0.39, 0.29) is 23.0 Å². The third-order valence-corrected chi connectivity index (χ3v) is 7.64. The van der Waals surface area contributed by atoms with Crippen molar-refractivity contribution < 1.29 is 19.1 Å². The lowest BCUT2D eigenvalue weighted by atomic mass is 9.67. The zero-order chi connectivity index (χ0) is 20.9. The first-order valence-electron chi connectivity index (χ1n) is 11.1. The number of carbonyl (C=O) groups is 2. The van der Waals surface area contributed by atoms with Gasteiger partial charge in [0.15, 0.2) is 0 Å². The molecule has 28 heavy (non-hydrogen) atoms. The number of rotatable bonds is 6. The summed E-state index contributed by atoms with van der Waals surface area (Å²) in [7, 11) is 0. The molecular formula is C24H40O4. The number of esters is 2. The lowest BCUT2D eigenvalue weighted by molar-refractivity contribution is -0.150. The molecule has 0 aliphatic heterocycles. The third-order valence-electron chi connectivity index (χ3n) is 7.64. The highest BCUT2D eigenvalue weighted by molar-refractivity contribution is 5.91. The van der Waals surface area contributed by atoms with Crippen LogP contribution in [0.4, 0.5) is 0 Å². The highest BCUT2D eigenvalue weighted by atomic mass is 16.5. The maximum absolute atomic E-state index is 12.2. The van der Waals surface area contributed by atoms with E-state index >= 15 is 0 Å². The number of hydrogen-bond donors (Lipinski definition) is 0. The van der Waals surface area contributed by atoms with Crippen LogP contribution < -0.4 is 0 Å². The van der Waals surface area contributed by atoms with Crippen molar-refractivity contribution in [3.63, 3.8) is 0 Å². The van der Waals surface area contributed by atoms with Gasteiger partial charge in [-0.25, -0.2) is 9.59 Å². The van der Waals surface area contributed by atoms with Gasteiger partial charge in [-0.05, 0) is 74.0 Å². The summed E-state index contributed by atoms with van der Waals surface area (Å²) in [6, 6.07) is 0. The minimum absolute atomic E-state index is 0.0561. The second-order valence-electron chi connectivity index (χ2n) is 10.3. The molecule has 160 valence electrons. The monoisotopic (exact) mass is 392 g/mol. The molecule has 0 aromatic carbocycles. The van der Waals surface area contributed by atoms with Gasteiger partial charge in [0.1, 0.15) is 12.2 Å². The summed E-state index contributed by atoms with van der Waals surface area (Å²) in [6.07, 6.45) is 10.5. The average molecular weight is 393 g/mol. The van der Waals surface area contributed by atoms with E-state index in [9.17, 15) is 9.59 Å². The first-order chi connectivity index (χ1) is 13.0. The quantitative estimate of drug-likeness (QED) is 0.421. The number of hydrogen-bond acceptors (Lipinski definition) is 4. The van der Waals surface area contributed by atoms with Gasteiger partial charge in [-0.15, -0.1) is 0 Å². The predicted octanol–water partition coefficient (Wildman–Crippen LogP) is 5.84. The maximum Gasteiger partial charge on any atom is 0.331 e. The van der Waals surface area contributed by atoms with Gasteiger partial charge in [-0.1, -0.05) is 41.5 Å². The van der Waals surface area contributed by atoms with E-state index in [4.69, 9.17) is 9.47 Å². The van der Waals surface area contributed by atoms with E-state index in [1.54, 1.807) is 0 Å². The molecule has 4 heteroatoms. The summed E-state index contributed by atoms with van der Waals surface area (Å²) >= 11 is 0. The minimum Gasteiger partial charge on any atom is -0.459 e. The van der Waals surface area contributed by atoms with Gasteiger partial charge in [0.25, 0.3) is 0 Å². The predicted molar refractivity (Wildman–Crippen MR) is 112 cm³/mol. The van der Waals surface area contributed by atoms with Gasteiger partial charge in [-0.2, -0.15) is 0 Å². The molecule has 4 nitrogen and oxygen atoms in total. The summed E-state index contributed by atoms with van der Waals surface area (Å²) in [6.45, 7) is 13.5. The molecule has 0 spiro atoms. The molecule has 2 rings (SSSR count). The fraction of sp³-hybridized carbons (Fsp3) is 0.833. The highest BCUT2D eigenvalue weighted by Crippen LogP contribution is 2.43. The molecule has 0 N–H and O–H groups in total. The molecule has 0 amide bonds. The van der Waals surface area contributed by atoms with Gasteiger partial charge in [0, 0.05) is 12.2 Å². The third kappa shape index (κ3) is 6.09. The van der Waals surface area contributed by atoms with Crippen molar-refractivity contribution in [2.24, 2.45) is 22.7 Å². The normalized spacial score (nSPS) is 34.0. The molecule has 4 unspecified atom stereocenters. The zero-order valence-electron chi connectivity index (χ0n) is 18.8. The Balaban J connectivity index is 1.81. The Bertz CT molecular complexity index is 529. The fourth-order valence-corrected chi connectivity index (χ4v) is 4.71. The van der Waals surface area contributed by atoms with Crippen LogP contribution in [-0.2, 0) is 19.1 Å². The van der Waals surface area contributed by atoms with Crippen molar-refractivity contribution >= 4 is 11.9 Å². The van der Waals surface area contributed by atoms with Crippen LogP contribution in [0.5, 0.6) is 0 Å². The van der Waals surface area contributed by atoms with Crippen LogP contribution in [-0.4, -0.2) is 24.1 Å². The summed E-state index contributed by atoms with van der Waals surface area (Å²) in [5.74, 6) is 0.245. The Labute approximate surface area is 171 Å². The molecule has 2 aliphatic carbocycles. The Kier molecular flexibility index (Phi) is 7.75. The largest absolute Gasteiger partial charge is 0.459 e. The Morgan fingerprint density at radius 1 is 0.786 bits per heavy atom. The van der Waals surface area contributed by atoms with Crippen LogP contribution in [0.1, 0.15) is 92.9 Å². The first kappa shape index (κ1) is 23.0. The van der Waals surface area contributed by atoms with E-state index < -0.39 is 11.9 Å². The van der Waals surface area contributed by atoms with E-state index in [1.807, 2.05) is 0 Å². The van der Waals surface area contributed by atoms with Gasteiger partial charge in [0.2, 0.25) is 0 Å². The number of carbonyl (C=O) groups excluding carboxylic acids is 2. The van der Waals surface area contributed by atoms with Gasteiger partial charge in [-0.3, -0.25) is 0 Å². The van der Waals surface area contributed by atoms with Crippen molar-refractivity contribution in [2.45, 2.75) is 105 Å². The van der Waals surface area contributed by atoms with Crippen LogP contribution in [0.2, 0.25) is 0 Å². The van der Waals surface area contributed by atoms with Gasteiger partial charge < -0.3 is 9.47 Å². The molecule has 0 bridgehead atoms. The van der Waals surface area contributed by atoms with Crippen molar-refractivity contribution in [3.05, 3.63) is 12.2 Å². The Hall–Kier alpha value is -1.32. The second kappa shape index (κ2) is 9.45. The van der Waals surface area contributed by atoms with E-state index in [2.05, 4.69) is 41.5 Å². The highest BCUT2D eigenvalue weighted by Gasteiger charge is 2.37. The summed E-state index contributed by atoms with van der Waals surface area (Å²) < 4.78 is 11.2. The summed E-state index contributed by atoms with van der Waals surface area (Å²) in [5, 5.41) is 0.